The zero-order valence-electron chi connectivity index (χ0n) is 14.0. The van der Waals surface area contributed by atoms with Crippen molar-refractivity contribution in [1.29, 1.82) is 0 Å². The maximum atomic E-state index is 12.2. The van der Waals surface area contributed by atoms with Crippen LogP contribution in [0.4, 0.5) is 0 Å². The molecule has 7 nitrogen and oxygen atoms in total. The standard InChI is InChI=1S/C18H17N3O4/c1-10-7-12(11(2)19-10)8-15-16(22)20-18(24)21(17(15)23)13-5-4-6-14(9-13)25-3/h4-9,23H,1-3H3,(H,20,22,24). The van der Waals surface area contributed by atoms with E-state index in [-0.39, 0.29) is 5.56 Å². The number of hydrogen-bond acceptors (Lipinski definition) is 5. The smallest absolute Gasteiger partial charge is 0.335 e. The summed E-state index contributed by atoms with van der Waals surface area (Å²) in [6.07, 6.45) is 3.31. The summed E-state index contributed by atoms with van der Waals surface area (Å²) in [5.41, 5.74) is 1.20. The van der Waals surface area contributed by atoms with E-state index in [9.17, 15) is 14.7 Å². The van der Waals surface area contributed by atoms with Crippen molar-refractivity contribution >= 4 is 11.8 Å². The van der Waals surface area contributed by atoms with Gasteiger partial charge in [0.05, 0.1) is 12.8 Å². The van der Waals surface area contributed by atoms with Crippen LogP contribution in [0.25, 0.3) is 11.8 Å². The first-order valence-corrected chi connectivity index (χ1v) is 7.59. The zero-order chi connectivity index (χ0) is 18.1. The Morgan fingerprint density at radius 2 is 2.04 bits per heavy atom. The van der Waals surface area contributed by atoms with E-state index in [1.807, 2.05) is 13.8 Å². The van der Waals surface area contributed by atoms with E-state index in [0.29, 0.717) is 17.0 Å². The molecule has 25 heavy (non-hydrogen) atoms. The Balaban J connectivity index is 2.23. The van der Waals surface area contributed by atoms with E-state index in [0.717, 1.165) is 16.0 Å². The molecule has 1 aliphatic rings. The van der Waals surface area contributed by atoms with Crippen molar-refractivity contribution in [2.24, 2.45) is 4.99 Å². The van der Waals surface area contributed by atoms with E-state index >= 15 is 0 Å². The van der Waals surface area contributed by atoms with Gasteiger partial charge in [0.25, 0.3) is 5.56 Å². The summed E-state index contributed by atoms with van der Waals surface area (Å²) < 4.78 is 6.16. The number of ether oxygens (including phenoxy) is 1. The second kappa shape index (κ2) is 6.27. The fourth-order valence-corrected chi connectivity index (χ4v) is 2.65. The Labute approximate surface area is 143 Å². The molecule has 1 aromatic heterocycles. The van der Waals surface area contributed by atoms with Crippen molar-refractivity contribution in [2.75, 3.05) is 7.11 Å². The number of aromatic hydroxyl groups is 1. The van der Waals surface area contributed by atoms with Crippen molar-refractivity contribution in [2.45, 2.75) is 13.8 Å². The molecule has 2 aromatic rings. The van der Waals surface area contributed by atoms with Gasteiger partial charge in [-0.1, -0.05) is 6.07 Å². The Morgan fingerprint density at radius 1 is 1.28 bits per heavy atom. The molecule has 0 radical (unpaired) electrons. The van der Waals surface area contributed by atoms with Crippen LogP contribution < -0.4 is 16.0 Å². The quantitative estimate of drug-likeness (QED) is 0.894. The molecule has 2 heterocycles. The van der Waals surface area contributed by atoms with Crippen LogP contribution in [0, 0.1) is 0 Å². The number of nitrogens with one attached hydrogen (secondary N) is 1. The first kappa shape index (κ1) is 16.5. The van der Waals surface area contributed by atoms with Crippen LogP contribution in [0.2, 0.25) is 0 Å². The number of allylic oxidation sites excluding steroid dienone is 3. The van der Waals surface area contributed by atoms with E-state index in [1.54, 1.807) is 30.3 Å². The van der Waals surface area contributed by atoms with Crippen LogP contribution in [-0.2, 0) is 0 Å². The molecule has 0 saturated heterocycles. The van der Waals surface area contributed by atoms with E-state index in [2.05, 4.69) is 9.98 Å². The average molecular weight is 339 g/mol. The zero-order valence-corrected chi connectivity index (χ0v) is 14.0. The maximum Gasteiger partial charge on any atom is 0.335 e. The van der Waals surface area contributed by atoms with Crippen LogP contribution in [0.3, 0.4) is 0 Å². The lowest BCUT2D eigenvalue weighted by Crippen LogP contribution is -2.30. The second-order valence-electron chi connectivity index (χ2n) is 5.62. The molecule has 0 saturated carbocycles. The number of aliphatic imine (C=N–C) groups is 1. The molecule has 3 rings (SSSR count). The molecule has 0 fully saturated rings. The molecule has 0 bridgehead atoms. The highest BCUT2D eigenvalue weighted by Crippen LogP contribution is 2.24. The van der Waals surface area contributed by atoms with Crippen LogP contribution in [0.15, 0.2) is 56.2 Å². The SMILES string of the molecule is COc1cccc(-n2c(O)c(C=C3C=C(C)N=C3C)c(=O)[nH]c2=O)c1. The number of aromatic amines is 1. The van der Waals surface area contributed by atoms with Crippen molar-refractivity contribution in [3.8, 4) is 17.3 Å². The molecule has 0 spiro atoms. The first-order valence-electron chi connectivity index (χ1n) is 7.59. The topological polar surface area (TPSA) is 96.7 Å². The number of aromatic nitrogens is 2. The van der Waals surface area contributed by atoms with Crippen molar-refractivity contribution in [1.82, 2.24) is 9.55 Å². The molecule has 0 aliphatic carbocycles. The third kappa shape index (κ3) is 3.03. The summed E-state index contributed by atoms with van der Waals surface area (Å²) in [7, 11) is 1.50. The van der Waals surface area contributed by atoms with Crippen LogP contribution in [0.5, 0.6) is 11.6 Å². The lowest BCUT2D eigenvalue weighted by atomic mass is 10.1. The third-order valence-corrected chi connectivity index (χ3v) is 3.86. The normalized spacial score (nSPS) is 15.2. The summed E-state index contributed by atoms with van der Waals surface area (Å²) in [6.45, 7) is 3.65. The predicted molar refractivity (Wildman–Crippen MR) is 95.7 cm³/mol. The molecule has 128 valence electrons. The first-order chi connectivity index (χ1) is 11.9. The van der Waals surface area contributed by atoms with Gasteiger partial charge in [0.15, 0.2) is 0 Å². The summed E-state index contributed by atoms with van der Waals surface area (Å²) in [5.74, 6) is 0.0764. The van der Waals surface area contributed by atoms with E-state index < -0.39 is 17.1 Å². The number of nitrogens with zero attached hydrogens (tertiary/aromatic N) is 2. The fourth-order valence-electron chi connectivity index (χ4n) is 2.65. The van der Waals surface area contributed by atoms with Gasteiger partial charge in [-0.3, -0.25) is 14.8 Å². The minimum atomic E-state index is -0.735. The molecule has 7 heteroatoms. The predicted octanol–water partition coefficient (Wildman–Crippen LogP) is 2.00. The van der Waals surface area contributed by atoms with Gasteiger partial charge in [-0.2, -0.15) is 0 Å². The average Bonchev–Trinajstić information content (AvgIpc) is 2.89. The second-order valence-corrected chi connectivity index (χ2v) is 5.62. The lowest BCUT2D eigenvalue weighted by molar-refractivity contribution is 0.412. The number of methoxy groups -OCH3 is 1. The lowest BCUT2D eigenvalue weighted by Gasteiger charge is -2.11. The van der Waals surface area contributed by atoms with Gasteiger partial charge in [0.2, 0.25) is 5.88 Å². The van der Waals surface area contributed by atoms with E-state index in [1.165, 1.54) is 13.2 Å². The Morgan fingerprint density at radius 3 is 2.68 bits per heavy atom. The van der Waals surface area contributed by atoms with Gasteiger partial charge in [0.1, 0.15) is 11.3 Å². The minimum Gasteiger partial charge on any atom is -0.497 e. The number of rotatable bonds is 3. The fraction of sp³-hybridized carbons (Fsp3) is 0.167. The Hall–Kier alpha value is -3.35. The Bertz CT molecular complexity index is 1050. The monoisotopic (exact) mass is 339 g/mol. The highest BCUT2D eigenvalue weighted by molar-refractivity contribution is 6.07. The largest absolute Gasteiger partial charge is 0.497 e. The molecule has 2 N–H and O–H groups in total. The third-order valence-electron chi connectivity index (χ3n) is 3.86. The van der Waals surface area contributed by atoms with Gasteiger partial charge in [-0.15, -0.1) is 0 Å². The van der Waals surface area contributed by atoms with Gasteiger partial charge in [-0.05, 0) is 43.7 Å². The van der Waals surface area contributed by atoms with Gasteiger partial charge >= 0.3 is 5.69 Å². The Kier molecular flexibility index (Phi) is 4.14. The summed E-state index contributed by atoms with van der Waals surface area (Å²) in [4.78, 5) is 30.9. The number of H-pyrrole nitrogens is 1. The van der Waals surface area contributed by atoms with Crippen molar-refractivity contribution < 1.29 is 9.84 Å². The summed E-state index contributed by atoms with van der Waals surface area (Å²) in [5, 5.41) is 10.6. The van der Waals surface area contributed by atoms with Gasteiger partial charge in [0, 0.05) is 17.5 Å². The summed E-state index contributed by atoms with van der Waals surface area (Å²) >= 11 is 0. The highest BCUT2D eigenvalue weighted by Gasteiger charge is 2.16. The summed E-state index contributed by atoms with van der Waals surface area (Å²) in [6, 6.07) is 6.61. The van der Waals surface area contributed by atoms with E-state index in [4.69, 9.17) is 4.74 Å². The number of benzene rings is 1. The molecular formula is C18H17N3O4. The molecular weight excluding hydrogens is 322 g/mol. The highest BCUT2D eigenvalue weighted by atomic mass is 16.5. The molecule has 0 unspecified atom stereocenters. The van der Waals surface area contributed by atoms with Gasteiger partial charge in [-0.25, -0.2) is 9.36 Å². The molecule has 0 atom stereocenters. The maximum absolute atomic E-state index is 12.2. The van der Waals surface area contributed by atoms with Crippen LogP contribution >= 0.6 is 0 Å². The number of hydrogen-bond donors (Lipinski definition) is 2. The van der Waals surface area contributed by atoms with Crippen LogP contribution in [-0.4, -0.2) is 27.5 Å². The van der Waals surface area contributed by atoms with Crippen molar-refractivity contribution in [3.63, 3.8) is 0 Å². The van der Waals surface area contributed by atoms with Crippen molar-refractivity contribution in [3.05, 3.63) is 68.0 Å². The minimum absolute atomic E-state index is 0.0158. The molecule has 1 aliphatic heterocycles. The van der Waals surface area contributed by atoms with Gasteiger partial charge < -0.3 is 9.84 Å². The molecule has 0 amide bonds. The molecule has 1 aromatic carbocycles. The van der Waals surface area contributed by atoms with Crippen LogP contribution in [0.1, 0.15) is 19.4 Å².